The summed E-state index contributed by atoms with van der Waals surface area (Å²) in [6.07, 6.45) is 2.15. The normalized spacial score (nSPS) is 20.5. The van der Waals surface area contributed by atoms with Crippen LogP contribution in [0, 0.1) is 6.92 Å². The zero-order valence-electron chi connectivity index (χ0n) is 17.1. The molecule has 0 saturated heterocycles. The van der Waals surface area contributed by atoms with Crippen LogP contribution in [0.15, 0.2) is 64.3 Å². The van der Waals surface area contributed by atoms with Crippen LogP contribution in [0.25, 0.3) is 0 Å². The van der Waals surface area contributed by atoms with E-state index in [1.165, 1.54) is 5.56 Å². The molecule has 0 amide bonds. The van der Waals surface area contributed by atoms with Gasteiger partial charge in [0.05, 0.1) is 11.3 Å². The number of benzene rings is 2. The Balaban J connectivity index is 1.59. The second-order valence-corrected chi connectivity index (χ2v) is 8.18. The summed E-state index contributed by atoms with van der Waals surface area (Å²) in [5.74, 6) is 0.918. The molecule has 5 heteroatoms. The van der Waals surface area contributed by atoms with Gasteiger partial charge in [-0.25, -0.2) is 0 Å². The lowest BCUT2D eigenvalue weighted by Crippen LogP contribution is -2.29. The van der Waals surface area contributed by atoms with Gasteiger partial charge >= 0.3 is 0 Å². The van der Waals surface area contributed by atoms with Crippen molar-refractivity contribution in [2.75, 3.05) is 5.32 Å². The van der Waals surface area contributed by atoms with E-state index in [0.717, 1.165) is 40.1 Å². The smallest absolute Gasteiger partial charge is 0.233 e. The number of Topliss-reactive ketones (excluding diaryl/α,β-unsaturated/α-hetero) is 1. The van der Waals surface area contributed by atoms with Crippen molar-refractivity contribution in [2.24, 2.45) is 0 Å². The number of hydrogen-bond donors (Lipinski definition) is 2. The van der Waals surface area contributed by atoms with Crippen LogP contribution in [0.4, 0.5) is 5.88 Å². The number of fused-ring (bicyclic) bond motifs is 1. The van der Waals surface area contributed by atoms with Gasteiger partial charge in [0.2, 0.25) is 5.88 Å². The summed E-state index contributed by atoms with van der Waals surface area (Å²) in [4.78, 5) is 13.4. The number of nitrogens with zero attached hydrogens (tertiary/aromatic N) is 1. The van der Waals surface area contributed by atoms with E-state index in [-0.39, 0.29) is 23.4 Å². The largest absolute Gasteiger partial charge is 0.508 e. The summed E-state index contributed by atoms with van der Waals surface area (Å²) in [6, 6.07) is 15.6. The first kappa shape index (κ1) is 18.7. The van der Waals surface area contributed by atoms with E-state index >= 15 is 0 Å². The summed E-state index contributed by atoms with van der Waals surface area (Å²) < 4.78 is 5.58. The predicted octanol–water partition coefficient (Wildman–Crippen LogP) is 5.21. The highest BCUT2D eigenvalue weighted by molar-refractivity contribution is 6.01. The van der Waals surface area contributed by atoms with Crippen molar-refractivity contribution >= 4 is 11.7 Å². The van der Waals surface area contributed by atoms with Crippen molar-refractivity contribution in [3.63, 3.8) is 0 Å². The van der Waals surface area contributed by atoms with Crippen molar-refractivity contribution in [1.29, 1.82) is 0 Å². The maximum absolute atomic E-state index is 13.4. The van der Waals surface area contributed by atoms with Gasteiger partial charge in [0.15, 0.2) is 5.78 Å². The van der Waals surface area contributed by atoms with E-state index in [9.17, 15) is 9.90 Å². The molecule has 5 rings (SSSR count). The Bertz CT molecular complexity index is 1140. The summed E-state index contributed by atoms with van der Waals surface area (Å²) >= 11 is 0. The van der Waals surface area contributed by atoms with Gasteiger partial charge in [-0.15, -0.1) is 0 Å². The Morgan fingerprint density at radius 2 is 1.77 bits per heavy atom. The topological polar surface area (TPSA) is 75.4 Å². The number of rotatable bonds is 3. The number of aromatic nitrogens is 1. The van der Waals surface area contributed by atoms with Crippen molar-refractivity contribution in [2.45, 2.75) is 44.9 Å². The van der Waals surface area contributed by atoms with Gasteiger partial charge in [-0.2, -0.15) is 0 Å². The fourth-order valence-corrected chi connectivity index (χ4v) is 4.73. The van der Waals surface area contributed by atoms with Gasteiger partial charge in [0.1, 0.15) is 5.75 Å². The molecule has 1 aromatic heterocycles. The third kappa shape index (κ3) is 3.02. The number of anilines is 1. The number of aromatic hydroxyl groups is 1. The average Bonchev–Trinajstić information content (AvgIpc) is 3.13. The van der Waals surface area contributed by atoms with Gasteiger partial charge < -0.3 is 14.9 Å². The minimum absolute atomic E-state index is 0.0676. The quantitative estimate of drug-likeness (QED) is 0.631. The minimum Gasteiger partial charge on any atom is -0.508 e. The van der Waals surface area contributed by atoms with Crippen molar-refractivity contribution < 1.29 is 14.4 Å². The Morgan fingerprint density at radius 3 is 2.47 bits per heavy atom. The van der Waals surface area contributed by atoms with Crippen LogP contribution in [-0.4, -0.2) is 16.0 Å². The standard InChI is InChI=1S/C25H24N2O3/c1-3-15-4-6-17(7-5-15)23-22-14(2)27-30-25(22)26-20-12-18(13-21(29)24(20)23)16-8-10-19(28)11-9-16/h4-11,18,23,26,28H,3,12-13H2,1-2H3/t18-,23-/m0/s1. The first-order valence-corrected chi connectivity index (χ1v) is 10.4. The Hall–Kier alpha value is -3.34. The van der Waals surface area contributed by atoms with E-state index in [1.54, 1.807) is 12.1 Å². The number of allylic oxidation sites excluding steroid dienone is 2. The van der Waals surface area contributed by atoms with Gasteiger partial charge in [0, 0.05) is 23.6 Å². The van der Waals surface area contributed by atoms with Crippen LogP contribution in [0.5, 0.6) is 5.75 Å². The third-order valence-electron chi connectivity index (χ3n) is 6.34. The average molecular weight is 400 g/mol. The molecule has 0 unspecified atom stereocenters. The summed E-state index contributed by atoms with van der Waals surface area (Å²) in [7, 11) is 0. The first-order chi connectivity index (χ1) is 14.5. The van der Waals surface area contributed by atoms with Crippen LogP contribution < -0.4 is 5.32 Å². The molecule has 30 heavy (non-hydrogen) atoms. The molecule has 2 atom stereocenters. The van der Waals surface area contributed by atoms with Crippen molar-refractivity contribution in [3.8, 4) is 5.75 Å². The maximum Gasteiger partial charge on any atom is 0.233 e. The minimum atomic E-state index is -0.165. The third-order valence-corrected chi connectivity index (χ3v) is 6.34. The number of aryl methyl sites for hydroxylation is 2. The number of carbonyl (C=O) groups is 1. The first-order valence-electron chi connectivity index (χ1n) is 10.4. The molecule has 2 N–H and O–H groups in total. The highest BCUT2D eigenvalue weighted by Crippen LogP contribution is 2.49. The molecule has 3 aromatic rings. The number of hydrogen-bond acceptors (Lipinski definition) is 5. The van der Waals surface area contributed by atoms with Crippen LogP contribution >= 0.6 is 0 Å². The second-order valence-electron chi connectivity index (χ2n) is 8.18. The Kier molecular flexibility index (Phi) is 4.46. The molecule has 152 valence electrons. The molecule has 0 fully saturated rings. The monoisotopic (exact) mass is 400 g/mol. The number of phenols is 1. The van der Waals surface area contributed by atoms with Crippen molar-refractivity contribution in [1.82, 2.24) is 5.16 Å². The second kappa shape index (κ2) is 7.17. The zero-order chi connectivity index (χ0) is 20.8. The summed E-state index contributed by atoms with van der Waals surface area (Å²) in [6.45, 7) is 4.06. The molecule has 2 aliphatic rings. The number of carbonyl (C=O) groups excluding carboxylic acids is 1. The van der Waals surface area contributed by atoms with E-state index in [2.05, 4.69) is 41.7 Å². The van der Waals surface area contributed by atoms with E-state index in [0.29, 0.717) is 18.7 Å². The molecule has 2 heterocycles. The highest BCUT2D eigenvalue weighted by Gasteiger charge is 2.41. The van der Waals surface area contributed by atoms with Gasteiger partial charge in [-0.05, 0) is 54.5 Å². The lowest BCUT2D eigenvalue weighted by Gasteiger charge is -2.34. The molecule has 0 radical (unpaired) electrons. The molecular formula is C25H24N2O3. The van der Waals surface area contributed by atoms with Crippen LogP contribution in [0.2, 0.25) is 0 Å². The molecular weight excluding hydrogens is 376 g/mol. The zero-order valence-corrected chi connectivity index (χ0v) is 17.1. The molecule has 0 bridgehead atoms. The van der Waals surface area contributed by atoms with Crippen LogP contribution in [-0.2, 0) is 11.2 Å². The van der Waals surface area contributed by atoms with E-state index in [1.807, 2.05) is 19.1 Å². The molecule has 2 aromatic carbocycles. The van der Waals surface area contributed by atoms with E-state index < -0.39 is 0 Å². The number of ketones is 1. The molecule has 0 saturated carbocycles. The van der Waals surface area contributed by atoms with Crippen LogP contribution in [0.3, 0.4) is 0 Å². The predicted molar refractivity (Wildman–Crippen MR) is 115 cm³/mol. The molecule has 1 aliphatic carbocycles. The lowest BCUT2D eigenvalue weighted by molar-refractivity contribution is -0.116. The molecule has 5 nitrogen and oxygen atoms in total. The number of nitrogens with one attached hydrogen (secondary N) is 1. The molecule has 0 spiro atoms. The lowest BCUT2D eigenvalue weighted by atomic mass is 9.72. The SMILES string of the molecule is CCc1ccc([C@@H]2C3=C(C[C@H](c4ccc(O)cc4)CC3=O)Nc3onc(C)c32)cc1. The Labute approximate surface area is 175 Å². The van der Waals surface area contributed by atoms with Gasteiger partial charge in [-0.1, -0.05) is 48.5 Å². The fraction of sp³-hybridized carbons (Fsp3) is 0.280. The Morgan fingerprint density at radius 1 is 1.07 bits per heavy atom. The number of phenolic OH excluding ortho intramolecular Hbond substituents is 1. The highest BCUT2D eigenvalue weighted by atomic mass is 16.5. The summed E-state index contributed by atoms with van der Waals surface area (Å²) in [5.41, 5.74) is 6.91. The van der Waals surface area contributed by atoms with Crippen LogP contribution in [0.1, 0.15) is 59.5 Å². The fourth-order valence-electron chi connectivity index (χ4n) is 4.73. The summed E-state index contributed by atoms with van der Waals surface area (Å²) in [5, 5.41) is 17.1. The molecule has 1 aliphatic heterocycles. The maximum atomic E-state index is 13.4. The van der Waals surface area contributed by atoms with Crippen molar-refractivity contribution in [3.05, 3.63) is 87.7 Å². The van der Waals surface area contributed by atoms with E-state index in [4.69, 9.17) is 4.52 Å². The van der Waals surface area contributed by atoms with Gasteiger partial charge in [0.25, 0.3) is 0 Å². The van der Waals surface area contributed by atoms with Gasteiger partial charge in [-0.3, -0.25) is 4.79 Å².